The Labute approximate surface area is 127 Å². The standard InChI is InChI=1S/C17H14ClFN2/c1-11-4-5-12(9-15(11)19)10-21-16-7-6-14(18)17-13(16)3-2-8-20-17/h2-9,21H,10H2,1H3. The molecule has 2 nitrogen and oxygen atoms in total. The van der Waals surface area contributed by atoms with Crippen molar-refractivity contribution in [3.63, 3.8) is 0 Å². The number of aromatic nitrogens is 1. The summed E-state index contributed by atoms with van der Waals surface area (Å²) in [6.07, 6.45) is 1.72. The molecule has 0 amide bonds. The summed E-state index contributed by atoms with van der Waals surface area (Å²) in [5, 5.41) is 4.89. The number of nitrogens with one attached hydrogen (secondary N) is 1. The SMILES string of the molecule is Cc1ccc(CNc2ccc(Cl)c3ncccc23)cc1F. The van der Waals surface area contributed by atoms with Gasteiger partial charge in [-0.25, -0.2) is 4.39 Å². The number of aryl methyl sites for hydroxylation is 1. The van der Waals surface area contributed by atoms with Crippen molar-refractivity contribution in [1.29, 1.82) is 0 Å². The number of rotatable bonds is 3. The van der Waals surface area contributed by atoms with E-state index in [2.05, 4.69) is 10.3 Å². The summed E-state index contributed by atoms with van der Waals surface area (Å²) in [6, 6.07) is 12.8. The number of pyridine rings is 1. The minimum Gasteiger partial charge on any atom is -0.380 e. The fourth-order valence-corrected chi connectivity index (χ4v) is 2.45. The van der Waals surface area contributed by atoms with Gasteiger partial charge in [0.25, 0.3) is 0 Å². The van der Waals surface area contributed by atoms with Crippen molar-refractivity contribution in [2.24, 2.45) is 0 Å². The molecule has 3 aromatic rings. The molecule has 0 atom stereocenters. The summed E-state index contributed by atoms with van der Waals surface area (Å²) in [6.45, 7) is 2.30. The summed E-state index contributed by atoms with van der Waals surface area (Å²) >= 11 is 6.14. The van der Waals surface area contributed by atoms with Crippen molar-refractivity contribution >= 4 is 28.2 Å². The van der Waals surface area contributed by atoms with Gasteiger partial charge >= 0.3 is 0 Å². The Morgan fingerprint density at radius 1 is 1.19 bits per heavy atom. The topological polar surface area (TPSA) is 24.9 Å². The Hall–Kier alpha value is -2.13. The predicted octanol–water partition coefficient (Wildman–Crippen LogP) is 4.95. The Morgan fingerprint density at radius 2 is 2.05 bits per heavy atom. The molecule has 21 heavy (non-hydrogen) atoms. The van der Waals surface area contributed by atoms with Crippen molar-refractivity contribution in [2.75, 3.05) is 5.32 Å². The number of benzene rings is 2. The van der Waals surface area contributed by atoms with E-state index in [0.29, 0.717) is 17.1 Å². The van der Waals surface area contributed by atoms with E-state index in [1.54, 1.807) is 25.3 Å². The van der Waals surface area contributed by atoms with Gasteiger partial charge in [-0.3, -0.25) is 4.98 Å². The lowest BCUT2D eigenvalue weighted by atomic mass is 10.1. The van der Waals surface area contributed by atoms with Gasteiger partial charge in [0, 0.05) is 23.8 Å². The van der Waals surface area contributed by atoms with Crippen molar-refractivity contribution in [3.8, 4) is 0 Å². The highest BCUT2D eigenvalue weighted by molar-refractivity contribution is 6.35. The van der Waals surface area contributed by atoms with Crippen LogP contribution in [0.4, 0.5) is 10.1 Å². The van der Waals surface area contributed by atoms with Gasteiger partial charge in [-0.1, -0.05) is 23.7 Å². The lowest BCUT2D eigenvalue weighted by Crippen LogP contribution is -2.01. The molecule has 1 aromatic heterocycles. The number of hydrogen-bond donors (Lipinski definition) is 1. The Morgan fingerprint density at radius 3 is 2.86 bits per heavy atom. The zero-order valence-electron chi connectivity index (χ0n) is 11.5. The van der Waals surface area contributed by atoms with E-state index < -0.39 is 0 Å². The monoisotopic (exact) mass is 300 g/mol. The first kappa shape index (κ1) is 13.8. The van der Waals surface area contributed by atoms with Crippen LogP contribution in [0.1, 0.15) is 11.1 Å². The molecule has 0 radical (unpaired) electrons. The minimum absolute atomic E-state index is 0.183. The fourth-order valence-electron chi connectivity index (χ4n) is 2.24. The third kappa shape index (κ3) is 2.83. The van der Waals surface area contributed by atoms with Gasteiger partial charge in [-0.05, 0) is 48.4 Å². The average Bonchev–Trinajstić information content (AvgIpc) is 2.50. The Bertz CT molecular complexity index is 802. The van der Waals surface area contributed by atoms with E-state index in [0.717, 1.165) is 22.2 Å². The van der Waals surface area contributed by atoms with Gasteiger partial charge in [0.05, 0.1) is 10.5 Å². The molecule has 1 heterocycles. The summed E-state index contributed by atoms with van der Waals surface area (Å²) in [5.74, 6) is -0.183. The van der Waals surface area contributed by atoms with Crippen LogP contribution in [0.25, 0.3) is 10.9 Å². The normalized spacial score (nSPS) is 10.8. The van der Waals surface area contributed by atoms with Crippen molar-refractivity contribution in [3.05, 3.63) is 70.6 Å². The van der Waals surface area contributed by atoms with E-state index >= 15 is 0 Å². The maximum absolute atomic E-state index is 13.6. The second-order valence-corrected chi connectivity index (χ2v) is 5.34. The molecular weight excluding hydrogens is 287 g/mol. The summed E-state index contributed by atoms with van der Waals surface area (Å²) in [7, 11) is 0. The molecule has 0 saturated carbocycles. The first-order valence-corrected chi connectivity index (χ1v) is 7.05. The molecule has 1 N–H and O–H groups in total. The molecule has 0 bridgehead atoms. The number of hydrogen-bond acceptors (Lipinski definition) is 2. The lowest BCUT2D eigenvalue weighted by Gasteiger charge is -2.11. The molecule has 0 aliphatic heterocycles. The van der Waals surface area contributed by atoms with E-state index in [1.165, 1.54) is 0 Å². The highest BCUT2D eigenvalue weighted by Gasteiger charge is 2.06. The smallest absolute Gasteiger partial charge is 0.126 e. The first-order valence-electron chi connectivity index (χ1n) is 6.67. The molecule has 4 heteroatoms. The fraction of sp³-hybridized carbons (Fsp3) is 0.118. The molecule has 0 saturated heterocycles. The van der Waals surface area contributed by atoms with Crippen LogP contribution < -0.4 is 5.32 Å². The maximum atomic E-state index is 13.6. The van der Waals surface area contributed by atoms with E-state index in [4.69, 9.17) is 11.6 Å². The van der Waals surface area contributed by atoms with Gasteiger partial charge in [-0.2, -0.15) is 0 Å². The highest BCUT2D eigenvalue weighted by atomic mass is 35.5. The van der Waals surface area contributed by atoms with Gasteiger partial charge in [-0.15, -0.1) is 0 Å². The summed E-state index contributed by atoms with van der Waals surface area (Å²) in [5.41, 5.74) is 3.24. The van der Waals surface area contributed by atoms with Crippen LogP contribution in [0, 0.1) is 12.7 Å². The van der Waals surface area contributed by atoms with Crippen molar-refractivity contribution in [1.82, 2.24) is 4.98 Å². The molecule has 0 unspecified atom stereocenters. The van der Waals surface area contributed by atoms with Crippen LogP contribution in [0.3, 0.4) is 0 Å². The average molecular weight is 301 g/mol. The number of halogens is 2. The third-order valence-electron chi connectivity index (χ3n) is 3.44. The zero-order chi connectivity index (χ0) is 14.8. The predicted molar refractivity (Wildman–Crippen MR) is 85.2 cm³/mol. The van der Waals surface area contributed by atoms with Gasteiger partial charge in [0.2, 0.25) is 0 Å². The minimum atomic E-state index is -0.183. The largest absolute Gasteiger partial charge is 0.380 e. The Balaban J connectivity index is 1.88. The molecule has 0 aliphatic carbocycles. The van der Waals surface area contributed by atoms with Crippen LogP contribution >= 0.6 is 11.6 Å². The maximum Gasteiger partial charge on any atom is 0.126 e. The number of anilines is 1. The van der Waals surface area contributed by atoms with Crippen LogP contribution in [-0.2, 0) is 6.54 Å². The lowest BCUT2D eigenvalue weighted by molar-refractivity contribution is 0.616. The second kappa shape index (κ2) is 5.70. The van der Waals surface area contributed by atoms with Crippen LogP contribution in [0.2, 0.25) is 5.02 Å². The third-order valence-corrected chi connectivity index (χ3v) is 3.74. The molecule has 0 aliphatic rings. The highest BCUT2D eigenvalue weighted by Crippen LogP contribution is 2.28. The van der Waals surface area contributed by atoms with Crippen molar-refractivity contribution in [2.45, 2.75) is 13.5 Å². The van der Waals surface area contributed by atoms with Gasteiger partial charge < -0.3 is 5.32 Å². The molecule has 2 aromatic carbocycles. The molecule has 3 rings (SSSR count). The molecular formula is C17H14ClFN2. The molecule has 0 spiro atoms. The van der Waals surface area contributed by atoms with Crippen molar-refractivity contribution < 1.29 is 4.39 Å². The van der Waals surface area contributed by atoms with E-state index in [1.807, 2.05) is 30.3 Å². The van der Waals surface area contributed by atoms with Gasteiger partial charge in [0.1, 0.15) is 5.82 Å². The molecule has 106 valence electrons. The number of fused-ring (bicyclic) bond motifs is 1. The van der Waals surface area contributed by atoms with Crippen LogP contribution in [0.15, 0.2) is 48.7 Å². The Kier molecular flexibility index (Phi) is 3.76. The summed E-state index contributed by atoms with van der Waals surface area (Å²) in [4.78, 5) is 4.29. The number of nitrogens with zero attached hydrogens (tertiary/aromatic N) is 1. The van der Waals surface area contributed by atoms with Crippen LogP contribution in [-0.4, -0.2) is 4.98 Å². The second-order valence-electron chi connectivity index (χ2n) is 4.93. The first-order chi connectivity index (χ1) is 10.1. The van der Waals surface area contributed by atoms with Crippen LogP contribution in [0.5, 0.6) is 0 Å². The quantitative estimate of drug-likeness (QED) is 0.740. The summed E-state index contributed by atoms with van der Waals surface area (Å²) < 4.78 is 13.6. The van der Waals surface area contributed by atoms with Gasteiger partial charge in [0.15, 0.2) is 0 Å². The van der Waals surface area contributed by atoms with E-state index in [-0.39, 0.29) is 5.82 Å². The molecule has 0 fully saturated rings. The zero-order valence-corrected chi connectivity index (χ0v) is 12.3. The van der Waals surface area contributed by atoms with E-state index in [9.17, 15) is 4.39 Å².